The molecule has 0 amide bonds. The van der Waals surface area contributed by atoms with E-state index in [9.17, 15) is 17.6 Å². The second-order valence-electron chi connectivity index (χ2n) is 6.78. The third-order valence-corrected chi connectivity index (χ3v) is 5.09. The quantitative estimate of drug-likeness (QED) is 0.325. The van der Waals surface area contributed by atoms with Crippen molar-refractivity contribution in [3.8, 4) is 0 Å². The summed E-state index contributed by atoms with van der Waals surface area (Å²) < 4.78 is 42.2. The van der Waals surface area contributed by atoms with Crippen LogP contribution in [0.2, 0.25) is 0 Å². The van der Waals surface area contributed by atoms with E-state index in [2.05, 4.69) is 12.2 Å². The van der Waals surface area contributed by atoms with Crippen LogP contribution >= 0.6 is 0 Å². The molecule has 0 aliphatic rings. The van der Waals surface area contributed by atoms with Gasteiger partial charge in [0.05, 0.1) is 4.90 Å². The molecule has 0 spiro atoms. The van der Waals surface area contributed by atoms with Gasteiger partial charge >= 0.3 is 0 Å². The zero-order valence-corrected chi connectivity index (χ0v) is 17.8. The van der Waals surface area contributed by atoms with Gasteiger partial charge in [0, 0.05) is 18.5 Å². The molecule has 160 valence electrons. The number of hydrogen-bond acceptors (Lipinski definition) is 4. The molecule has 2 aromatic rings. The van der Waals surface area contributed by atoms with E-state index in [0.29, 0.717) is 18.5 Å². The van der Waals surface area contributed by atoms with Crippen molar-refractivity contribution in [2.45, 2.75) is 50.8 Å². The highest BCUT2D eigenvalue weighted by atomic mass is 32.2. The Morgan fingerprint density at radius 1 is 0.966 bits per heavy atom. The smallest absolute Gasteiger partial charge is 0.294 e. The summed E-state index contributed by atoms with van der Waals surface area (Å²) in [5, 5.41) is 3.26. The highest BCUT2D eigenvalue weighted by molar-refractivity contribution is 7.85. The molecule has 0 heterocycles. The zero-order chi connectivity index (χ0) is 21.7. The number of carbonyl (C=O) groups is 1. The van der Waals surface area contributed by atoms with Gasteiger partial charge in [0.25, 0.3) is 10.1 Å². The summed E-state index contributed by atoms with van der Waals surface area (Å²) in [4.78, 5) is 11.7. The van der Waals surface area contributed by atoms with Gasteiger partial charge in [0.1, 0.15) is 5.82 Å². The summed E-state index contributed by atoms with van der Waals surface area (Å²) in [6.45, 7) is 5.70. The summed E-state index contributed by atoms with van der Waals surface area (Å²) in [5.74, 6) is -0.239. The second-order valence-corrected chi connectivity index (χ2v) is 8.20. The van der Waals surface area contributed by atoms with Gasteiger partial charge in [-0.1, -0.05) is 43.9 Å². The van der Waals surface area contributed by atoms with Crippen molar-refractivity contribution in [1.29, 1.82) is 0 Å². The Morgan fingerprint density at radius 2 is 1.59 bits per heavy atom. The number of unbranched alkanes of at least 4 members (excludes halogenated alkanes) is 3. The fourth-order valence-corrected chi connectivity index (χ4v) is 2.97. The van der Waals surface area contributed by atoms with Gasteiger partial charge in [0.15, 0.2) is 5.78 Å². The number of halogens is 1. The van der Waals surface area contributed by atoms with E-state index in [1.54, 1.807) is 24.3 Å². The molecule has 2 N–H and O–H groups in total. The van der Waals surface area contributed by atoms with Crippen molar-refractivity contribution in [1.82, 2.24) is 5.32 Å². The molecule has 29 heavy (non-hydrogen) atoms. The molecular formula is C22H30FNO4S. The lowest BCUT2D eigenvalue weighted by Crippen LogP contribution is -2.19. The third kappa shape index (κ3) is 10.9. The highest BCUT2D eigenvalue weighted by Gasteiger charge is 2.07. The van der Waals surface area contributed by atoms with E-state index in [1.165, 1.54) is 49.9 Å². The SMILES string of the molecule is CCCCCCNCCC(=O)c1ccc(F)cc1.Cc1ccc(S(=O)(=O)O)cc1. The lowest BCUT2D eigenvalue weighted by atomic mass is 10.1. The Morgan fingerprint density at radius 3 is 2.14 bits per heavy atom. The Balaban J connectivity index is 0.000000326. The van der Waals surface area contributed by atoms with E-state index in [4.69, 9.17) is 4.55 Å². The lowest BCUT2D eigenvalue weighted by molar-refractivity contribution is 0.0982. The van der Waals surface area contributed by atoms with E-state index in [1.807, 2.05) is 6.92 Å². The monoisotopic (exact) mass is 423 g/mol. The summed E-state index contributed by atoms with van der Waals surface area (Å²) >= 11 is 0. The van der Waals surface area contributed by atoms with Gasteiger partial charge in [-0.25, -0.2) is 4.39 Å². The minimum Gasteiger partial charge on any atom is -0.316 e. The Bertz CT molecular complexity index is 834. The molecule has 2 aromatic carbocycles. The Labute approximate surface area is 173 Å². The average Bonchev–Trinajstić information content (AvgIpc) is 2.68. The minimum absolute atomic E-state index is 0.0658. The van der Waals surface area contributed by atoms with Crippen molar-refractivity contribution in [2.24, 2.45) is 0 Å². The number of carbonyl (C=O) groups excluding carboxylic acids is 1. The van der Waals surface area contributed by atoms with E-state index >= 15 is 0 Å². The van der Waals surface area contributed by atoms with Crippen LogP contribution in [0.4, 0.5) is 4.39 Å². The summed E-state index contributed by atoms with van der Waals surface area (Å²) in [5.41, 5.74) is 1.54. The van der Waals surface area contributed by atoms with Crippen LogP contribution in [0.5, 0.6) is 0 Å². The van der Waals surface area contributed by atoms with Crippen molar-refractivity contribution in [2.75, 3.05) is 13.1 Å². The molecule has 0 saturated heterocycles. The van der Waals surface area contributed by atoms with Crippen LogP contribution in [0.15, 0.2) is 53.4 Å². The van der Waals surface area contributed by atoms with Gasteiger partial charge in [-0.05, 0) is 56.3 Å². The summed E-state index contributed by atoms with van der Waals surface area (Å²) in [6.07, 6.45) is 5.40. The lowest BCUT2D eigenvalue weighted by Gasteiger charge is -2.04. The predicted molar refractivity (Wildman–Crippen MR) is 113 cm³/mol. The maximum Gasteiger partial charge on any atom is 0.294 e. The zero-order valence-electron chi connectivity index (χ0n) is 17.0. The Hall–Kier alpha value is -2.09. The highest BCUT2D eigenvalue weighted by Crippen LogP contribution is 2.08. The fourth-order valence-electron chi connectivity index (χ4n) is 2.49. The number of aryl methyl sites for hydroxylation is 1. The summed E-state index contributed by atoms with van der Waals surface area (Å²) in [6, 6.07) is 11.7. The molecular weight excluding hydrogens is 393 g/mol. The molecule has 5 nitrogen and oxygen atoms in total. The molecule has 0 fully saturated rings. The van der Waals surface area contributed by atoms with E-state index in [-0.39, 0.29) is 16.5 Å². The Kier molecular flexibility index (Phi) is 11.3. The van der Waals surface area contributed by atoms with Gasteiger partial charge < -0.3 is 5.32 Å². The molecule has 0 aliphatic heterocycles. The van der Waals surface area contributed by atoms with Gasteiger partial charge in [-0.3, -0.25) is 9.35 Å². The number of benzene rings is 2. The number of hydrogen-bond donors (Lipinski definition) is 2. The topological polar surface area (TPSA) is 83.5 Å². The first-order chi connectivity index (χ1) is 13.7. The van der Waals surface area contributed by atoms with Crippen LogP contribution in [0.1, 0.15) is 54.9 Å². The first kappa shape index (κ1) is 24.9. The summed E-state index contributed by atoms with van der Waals surface area (Å²) in [7, 11) is -4.02. The normalized spacial score (nSPS) is 10.9. The molecule has 0 radical (unpaired) electrons. The number of Topliss-reactive ketones (excluding diaryl/α,β-unsaturated/α-hetero) is 1. The molecule has 2 rings (SSSR count). The maximum absolute atomic E-state index is 12.7. The molecule has 0 aromatic heterocycles. The number of rotatable bonds is 10. The average molecular weight is 424 g/mol. The van der Waals surface area contributed by atoms with Crippen molar-refractivity contribution >= 4 is 15.9 Å². The first-order valence-electron chi connectivity index (χ1n) is 9.77. The maximum atomic E-state index is 12.7. The van der Waals surface area contributed by atoms with Crippen LogP contribution in [-0.4, -0.2) is 31.8 Å². The molecule has 0 unspecified atom stereocenters. The molecule has 0 bridgehead atoms. The van der Waals surface area contributed by atoms with Crippen LogP contribution in [-0.2, 0) is 10.1 Å². The predicted octanol–water partition coefficient (Wildman–Crippen LogP) is 4.81. The second kappa shape index (κ2) is 13.2. The van der Waals surface area contributed by atoms with Crippen molar-refractivity contribution < 1.29 is 22.2 Å². The van der Waals surface area contributed by atoms with Crippen LogP contribution in [0, 0.1) is 12.7 Å². The van der Waals surface area contributed by atoms with E-state index in [0.717, 1.165) is 12.1 Å². The number of nitrogens with one attached hydrogen (secondary N) is 1. The first-order valence-corrected chi connectivity index (χ1v) is 11.2. The number of ketones is 1. The largest absolute Gasteiger partial charge is 0.316 e. The van der Waals surface area contributed by atoms with E-state index < -0.39 is 10.1 Å². The molecule has 7 heteroatoms. The van der Waals surface area contributed by atoms with Gasteiger partial charge in [0.2, 0.25) is 0 Å². The van der Waals surface area contributed by atoms with Crippen LogP contribution < -0.4 is 5.32 Å². The molecule has 0 aliphatic carbocycles. The standard InChI is InChI=1S/C15H22FNO.C7H8O3S/c1-2-3-4-5-11-17-12-10-15(18)13-6-8-14(16)9-7-13;1-6-2-4-7(5-3-6)11(8,9)10/h6-9,17H,2-5,10-12H2,1H3;2-5H,1H3,(H,8,9,10). The van der Waals surface area contributed by atoms with Crippen LogP contribution in [0.25, 0.3) is 0 Å². The van der Waals surface area contributed by atoms with Crippen molar-refractivity contribution in [3.63, 3.8) is 0 Å². The fraction of sp³-hybridized carbons (Fsp3) is 0.409. The van der Waals surface area contributed by atoms with Crippen molar-refractivity contribution in [3.05, 3.63) is 65.5 Å². The van der Waals surface area contributed by atoms with Crippen LogP contribution in [0.3, 0.4) is 0 Å². The minimum atomic E-state index is -4.02. The third-order valence-electron chi connectivity index (χ3n) is 4.22. The molecule has 0 saturated carbocycles. The van der Waals surface area contributed by atoms with Gasteiger partial charge in [-0.15, -0.1) is 0 Å². The van der Waals surface area contributed by atoms with Gasteiger partial charge in [-0.2, -0.15) is 8.42 Å². The molecule has 0 atom stereocenters.